The second-order valence-corrected chi connectivity index (χ2v) is 11.3. The molecule has 0 bridgehead atoms. The maximum absolute atomic E-state index is 14.0. The number of likely N-dealkylation sites (N-methyl/N-ethyl adjacent to an activating group) is 1. The molecule has 2 atom stereocenters. The highest BCUT2D eigenvalue weighted by Gasteiger charge is 2.62. The van der Waals surface area contributed by atoms with Crippen LogP contribution in [0.4, 0.5) is 4.39 Å². The zero-order valence-corrected chi connectivity index (χ0v) is 23.1. The highest BCUT2D eigenvalue weighted by atomic mass is 19.1. The summed E-state index contributed by atoms with van der Waals surface area (Å²) in [6, 6.07) is 26.9. The number of piperidine rings is 1. The van der Waals surface area contributed by atoms with Gasteiger partial charge in [-0.3, -0.25) is 9.59 Å². The topological polar surface area (TPSA) is 43.9 Å². The SMILES string of the molecule is CC(=O)N(C)C1(c2ccccc2)CCN(C[C@@H]2C[C@@]2(C(=O)N(C)Cc2ccc(F)cc2)c2ccccc2)CC1. The summed E-state index contributed by atoms with van der Waals surface area (Å²) in [4.78, 5) is 32.6. The molecule has 5 rings (SSSR count). The van der Waals surface area contributed by atoms with Crippen LogP contribution < -0.4 is 0 Å². The molecule has 1 heterocycles. The smallest absolute Gasteiger partial charge is 0.233 e. The van der Waals surface area contributed by atoms with Gasteiger partial charge < -0.3 is 14.7 Å². The average Bonchev–Trinajstić information content (AvgIpc) is 3.69. The molecule has 0 unspecified atom stereocenters. The standard InChI is InChI=1S/C33H38FN3O2/c1-25(38)36(3)32(27-10-6-4-7-11-27)18-20-37(21-19-32)24-29-22-33(29,28-12-8-5-9-13-28)31(39)35(2)23-26-14-16-30(34)17-15-26/h4-17,29H,18-24H2,1-3H3/t29-,33+/m0/s1. The van der Waals surface area contributed by atoms with Crippen LogP contribution in [0.3, 0.4) is 0 Å². The quantitative estimate of drug-likeness (QED) is 0.404. The summed E-state index contributed by atoms with van der Waals surface area (Å²) in [7, 11) is 3.76. The van der Waals surface area contributed by atoms with Crippen molar-refractivity contribution in [1.29, 1.82) is 0 Å². The van der Waals surface area contributed by atoms with E-state index in [1.54, 1.807) is 24.0 Å². The van der Waals surface area contributed by atoms with Crippen LogP contribution >= 0.6 is 0 Å². The number of amides is 2. The lowest BCUT2D eigenvalue weighted by molar-refractivity contribution is -0.136. The van der Waals surface area contributed by atoms with E-state index in [1.807, 2.05) is 55.4 Å². The van der Waals surface area contributed by atoms with E-state index in [0.29, 0.717) is 6.54 Å². The van der Waals surface area contributed by atoms with E-state index >= 15 is 0 Å². The Bertz CT molecular complexity index is 1290. The van der Waals surface area contributed by atoms with E-state index in [1.165, 1.54) is 17.7 Å². The number of benzene rings is 3. The van der Waals surface area contributed by atoms with Crippen molar-refractivity contribution in [2.75, 3.05) is 33.7 Å². The summed E-state index contributed by atoms with van der Waals surface area (Å²) in [5.74, 6) is 0.142. The van der Waals surface area contributed by atoms with Crippen molar-refractivity contribution >= 4 is 11.8 Å². The minimum atomic E-state index is -0.541. The zero-order chi connectivity index (χ0) is 27.6. The number of hydrogen-bond acceptors (Lipinski definition) is 3. The molecule has 2 fully saturated rings. The van der Waals surface area contributed by atoms with Gasteiger partial charge in [-0.1, -0.05) is 72.8 Å². The maximum Gasteiger partial charge on any atom is 0.233 e. The first kappa shape index (κ1) is 27.1. The number of likely N-dealkylation sites (tertiary alicyclic amines) is 1. The summed E-state index contributed by atoms with van der Waals surface area (Å²) >= 11 is 0. The van der Waals surface area contributed by atoms with Crippen molar-refractivity contribution in [2.45, 2.75) is 43.7 Å². The van der Waals surface area contributed by atoms with Crippen LogP contribution in [-0.2, 0) is 27.1 Å². The Balaban J connectivity index is 1.31. The molecule has 0 N–H and O–H groups in total. The van der Waals surface area contributed by atoms with Crippen molar-refractivity contribution in [2.24, 2.45) is 5.92 Å². The minimum absolute atomic E-state index is 0.0763. The van der Waals surface area contributed by atoms with Gasteiger partial charge in [0.15, 0.2) is 0 Å². The van der Waals surface area contributed by atoms with Gasteiger partial charge in [0.05, 0.1) is 11.0 Å². The van der Waals surface area contributed by atoms with Crippen LogP contribution in [0, 0.1) is 11.7 Å². The third-order valence-corrected chi connectivity index (χ3v) is 9.04. The van der Waals surface area contributed by atoms with E-state index in [2.05, 4.69) is 29.2 Å². The summed E-state index contributed by atoms with van der Waals surface area (Å²) in [5.41, 5.74) is 2.31. The molecule has 1 aliphatic carbocycles. The number of hydrogen-bond donors (Lipinski definition) is 0. The van der Waals surface area contributed by atoms with Gasteiger partial charge in [-0.2, -0.15) is 0 Å². The fourth-order valence-corrected chi connectivity index (χ4v) is 6.59. The highest BCUT2D eigenvalue weighted by molar-refractivity contribution is 5.92. The summed E-state index contributed by atoms with van der Waals surface area (Å²) in [6.45, 7) is 4.67. The van der Waals surface area contributed by atoms with Crippen LogP contribution in [0.5, 0.6) is 0 Å². The average molecular weight is 528 g/mol. The first-order valence-electron chi connectivity index (χ1n) is 13.8. The molecule has 204 valence electrons. The van der Waals surface area contributed by atoms with E-state index in [-0.39, 0.29) is 29.1 Å². The number of nitrogens with zero attached hydrogens (tertiary/aromatic N) is 3. The summed E-state index contributed by atoms with van der Waals surface area (Å²) in [6.07, 6.45) is 2.53. The molecule has 5 nitrogen and oxygen atoms in total. The molecule has 3 aromatic carbocycles. The molecule has 0 radical (unpaired) electrons. The predicted molar refractivity (Wildman–Crippen MR) is 151 cm³/mol. The third kappa shape index (κ3) is 5.22. The van der Waals surface area contributed by atoms with Gasteiger partial charge in [0, 0.05) is 47.2 Å². The zero-order valence-electron chi connectivity index (χ0n) is 23.1. The monoisotopic (exact) mass is 527 g/mol. The Labute approximate surface area is 231 Å². The van der Waals surface area contributed by atoms with Gasteiger partial charge in [-0.25, -0.2) is 4.39 Å². The van der Waals surface area contributed by atoms with Gasteiger partial charge in [0.2, 0.25) is 11.8 Å². The van der Waals surface area contributed by atoms with E-state index < -0.39 is 5.41 Å². The Kier molecular flexibility index (Phi) is 7.59. The van der Waals surface area contributed by atoms with Gasteiger partial charge in [0.1, 0.15) is 5.82 Å². The molecule has 2 amide bonds. The molecule has 0 spiro atoms. The number of halogens is 1. The van der Waals surface area contributed by atoms with Crippen molar-refractivity contribution in [3.63, 3.8) is 0 Å². The lowest BCUT2D eigenvalue weighted by Crippen LogP contribution is -2.53. The molecule has 0 aromatic heterocycles. The molecular formula is C33H38FN3O2. The maximum atomic E-state index is 14.0. The first-order valence-corrected chi connectivity index (χ1v) is 13.8. The van der Waals surface area contributed by atoms with Crippen LogP contribution in [0.25, 0.3) is 0 Å². The molecule has 1 saturated heterocycles. The van der Waals surface area contributed by atoms with Crippen molar-refractivity contribution < 1.29 is 14.0 Å². The fourth-order valence-electron chi connectivity index (χ4n) is 6.59. The van der Waals surface area contributed by atoms with Crippen LogP contribution in [-0.4, -0.2) is 60.2 Å². The lowest BCUT2D eigenvalue weighted by Gasteiger charge is -2.48. The Hall–Kier alpha value is -3.51. The van der Waals surface area contributed by atoms with Crippen molar-refractivity contribution in [3.05, 3.63) is 107 Å². The Morgan fingerprint density at radius 3 is 2.00 bits per heavy atom. The summed E-state index contributed by atoms with van der Waals surface area (Å²) < 4.78 is 13.4. The van der Waals surface area contributed by atoms with E-state index in [9.17, 15) is 14.0 Å². The number of carbonyl (C=O) groups excluding carboxylic acids is 2. The molecule has 1 aliphatic heterocycles. The number of carbonyl (C=O) groups is 2. The highest BCUT2D eigenvalue weighted by Crippen LogP contribution is 2.56. The van der Waals surface area contributed by atoms with E-state index in [0.717, 1.165) is 50.0 Å². The molecule has 39 heavy (non-hydrogen) atoms. The fraction of sp³-hybridized carbons (Fsp3) is 0.394. The number of rotatable bonds is 8. The lowest BCUT2D eigenvalue weighted by atomic mass is 9.79. The molecular weight excluding hydrogens is 489 g/mol. The second-order valence-electron chi connectivity index (χ2n) is 11.3. The van der Waals surface area contributed by atoms with E-state index in [4.69, 9.17) is 0 Å². The molecule has 2 aliphatic rings. The van der Waals surface area contributed by atoms with Crippen LogP contribution in [0.1, 0.15) is 42.9 Å². The van der Waals surface area contributed by atoms with Gasteiger partial charge in [-0.15, -0.1) is 0 Å². The van der Waals surface area contributed by atoms with Crippen LogP contribution in [0.15, 0.2) is 84.9 Å². The first-order chi connectivity index (χ1) is 18.8. The van der Waals surface area contributed by atoms with Crippen molar-refractivity contribution in [3.8, 4) is 0 Å². The third-order valence-electron chi connectivity index (χ3n) is 9.04. The molecule has 6 heteroatoms. The normalized spacial score (nSPS) is 22.2. The van der Waals surface area contributed by atoms with Crippen LogP contribution in [0.2, 0.25) is 0 Å². The molecule has 3 aromatic rings. The van der Waals surface area contributed by atoms with Crippen molar-refractivity contribution in [1.82, 2.24) is 14.7 Å². The summed E-state index contributed by atoms with van der Waals surface area (Å²) in [5, 5.41) is 0. The predicted octanol–water partition coefficient (Wildman–Crippen LogP) is 5.21. The van der Waals surface area contributed by atoms with Gasteiger partial charge >= 0.3 is 0 Å². The second kappa shape index (κ2) is 10.9. The Morgan fingerprint density at radius 2 is 1.44 bits per heavy atom. The molecule has 1 saturated carbocycles. The minimum Gasteiger partial charge on any atom is -0.341 e. The van der Waals surface area contributed by atoms with Gasteiger partial charge in [0.25, 0.3) is 0 Å². The largest absolute Gasteiger partial charge is 0.341 e. The van der Waals surface area contributed by atoms with Gasteiger partial charge in [-0.05, 0) is 54.0 Å². The Morgan fingerprint density at radius 1 is 0.872 bits per heavy atom.